The molecule has 4 nitrogen and oxygen atoms in total. The quantitative estimate of drug-likeness (QED) is 0.665. The van der Waals surface area contributed by atoms with Crippen LogP contribution < -0.4 is 0 Å². The summed E-state index contributed by atoms with van der Waals surface area (Å²) in [5.74, 6) is 0.643. The monoisotopic (exact) mass is 180 g/mol. The average molecular weight is 181 g/mol. The molecule has 0 aromatic carbocycles. The summed E-state index contributed by atoms with van der Waals surface area (Å²) in [6.07, 6.45) is 4.77. The molecule has 2 aromatic rings. The van der Waals surface area contributed by atoms with E-state index in [-0.39, 0.29) is 0 Å². The van der Waals surface area contributed by atoms with Crippen molar-refractivity contribution in [3.8, 4) is 5.82 Å². The van der Waals surface area contributed by atoms with E-state index in [4.69, 9.17) is 11.6 Å². The van der Waals surface area contributed by atoms with Crippen molar-refractivity contribution in [2.24, 2.45) is 0 Å². The van der Waals surface area contributed by atoms with E-state index >= 15 is 0 Å². The fraction of sp³-hybridized carbons (Fsp3) is 0. The first-order valence-corrected chi connectivity index (χ1v) is 3.71. The van der Waals surface area contributed by atoms with Crippen LogP contribution in [0.2, 0.25) is 5.02 Å². The number of aromatic nitrogens is 4. The van der Waals surface area contributed by atoms with Gasteiger partial charge in [-0.2, -0.15) is 0 Å². The molecule has 60 valence electrons. The molecule has 0 aliphatic carbocycles. The molecule has 0 saturated heterocycles. The van der Waals surface area contributed by atoms with E-state index in [1.54, 1.807) is 35.6 Å². The number of pyridine rings is 1. The normalized spacial score (nSPS) is 10.1. The molecule has 2 heterocycles. The maximum absolute atomic E-state index is 5.88. The largest absolute Gasteiger partial charge is 0.271 e. The first-order valence-electron chi connectivity index (χ1n) is 3.33. The number of hydrogen-bond acceptors (Lipinski definition) is 3. The molecule has 0 bridgehead atoms. The second-order valence-electron chi connectivity index (χ2n) is 2.18. The van der Waals surface area contributed by atoms with Gasteiger partial charge in [0.25, 0.3) is 0 Å². The third-order valence-corrected chi connectivity index (χ3v) is 1.70. The first kappa shape index (κ1) is 7.24. The Labute approximate surface area is 73.8 Å². The summed E-state index contributed by atoms with van der Waals surface area (Å²) in [4.78, 5) is 4.07. The molecule has 0 amide bonds. The van der Waals surface area contributed by atoms with Crippen LogP contribution in [-0.2, 0) is 0 Å². The Hall–Kier alpha value is -1.42. The minimum absolute atomic E-state index is 0.581. The van der Waals surface area contributed by atoms with Crippen LogP contribution in [0.25, 0.3) is 5.82 Å². The Morgan fingerprint density at radius 2 is 2.00 bits per heavy atom. The number of halogens is 1. The van der Waals surface area contributed by atoms with Gasteiger partial charge in [0.2, 0.25) is 0 Å². The van der Waals surface area contributed by atoms with Gasteiger partial charge in [-0.25, -0.2) is 4.98 Å². The van der Waals surface area contributed by atoms with Gasteiger partial charge in [-0.3, -0.25) is 4.57 Å². The average Bonchev–Trinajstić information content (AvgIpc) is 2.57. The lowest BCUT2D eigenvalue weighted by Crippen LogP contribution is -1.94. The second kappa shape index (κ2) is 2.91. The molecular formula is C7H5ClN4. The molecule has 0 radical (unpaired) electrons. The fourth-order valence-electron chi connectivity index (χ4n) is 0.877. The van der Waals surface area contributed by atoms with Gasteiger partial charge in [0, 0.05) is 6.20 Å². The first-order chi connectivity index (χ1) is 5.88. The summed E-state index contributed by atoms with van der Waals surface area (Å²) in [6, 6.07) is 3.54. The van der Waals surface area contributed by atoms with Crippen molar-refractivity contribution in [2.75, 3.05) is 0 Å². The van der Waals surface area contributed by atoms with E-state index in [1.807, 2.05) is 0 Å². The molecule has 5 heteroatoms. The highest BCUT2D eigenvalue weighted by Gasteiger charge is 2.01. The molecule has 0 aliphatic heterocycles. The van der Waals surface area contributed by atoms with E-state index in [2.05, 4.69) is 15.2 Å². The number of hydrogen-bond donors (Lipinski definition) is 0. The maximum Gasteiger partial charge on any atom is 0.157 e. The van der Waals surface area contributed by atoms with Crippen LogP contribution in [0.1, 0.15) is 0 Å². The van der Waals surface area contributed by atoms with Crippen molar-refractivity contribution >= 4 is 11.6 Å². The lowest BCUT2D eigenvalue weighted by atomic mass is 10.4. The van der Waals surface area contributed by atoms with Gasteiger partial charge >= 0.3 is 0 Å². The minimum Gasteiger partial charge on any atom is -0.271 e. The Morgan fingerprint density at radius 1 is 1.25 bits per heavy atom. The van der Waals surface area contributed by atoms with Crippen molar-refractivity contribution in [2.45, 2.75) is 0 Å². The summed E-state index contributed by atoms with van der Waals surface area (Å²) >= 11 is 5.88. The Morgan fingerprint density at radius 3 is 2.67 bits per heavy atom. The van der Waals surface area contributed by atoms with Gasteiger partial charge < -0.3 is 0 Å². The Bertz CT molecular complexity index is 371. The lowest BCUT2D eigenvalue weighted by Gasteiger charge is -2.00. The van der Waals surface area contributed by atoms with Gasteiger partial charge in [0.1, 0.15) is 12.7 Å². The third-order valence-electron chi connectivity index (χ3n) is 1.40. The second-order valence-corrected chi connectivity index (χ2v) is 2.59. The van der Waals surface area contributed by atoms with Gasteiger partial charge in [-0.1, -0.05) is 11.6 Å². The predicted octanol–water partition coefficient (Wildman–Crippen LogP) is 1.32. The van der Waals surface area contributed by atoms with Crippen molar-refractivity contribution < 1.29 is 0 Å². The number of rotatable bonds is 1. The van der Waals surface area contributed by atoms with E-state index in [0.717, 1.165) is 0 Å². The zero-order chi connectivity index (χ0) is 8.39. The van der Waals surface area contributed by atoms with Crippen molar-refractivity contribution in [1.29, 1.82) is 0 Å². The van der Waals surface area contributed by atoms with Gasteiger partial charge in [-0.15, -0.1) is 10.2 Å². The topological polar surface area (TPSA) is 43.6 Å². The van der Waals surface area contributed by atoms with Crippen LogP contribution in [0.15, 0.2) is 31.0 Å². The Balaban J connectivity index is 2.55. The lowest BCUT2D eigenvalue weighted by molar-refractivity contribution is 0.991. The van der Waals surface area contributed by atoms with Crippen molar-refractivity contribution in [3.05, 3.63) is 36.0 Å². The number of nitrogens with zero attached hydrogens (tertiary/aromatic N) is 4. The highest BCUT2D eigenvalue weighted by Crippen LogP contribution is 2.15. The van der Waals surface area contributed by atoms with Gasteiger partial charge in [-0.05, 0) is 12.1 Å². The smallest absolute Gasteiger partial charge is 0.157 e. The molecule has 0 spiro atoms. The maximum atomic E-state index is 5.88. The summed E-state index contributed by atoms with van der Waals surface area (Å²) in [7, 11) is 0. The molecule has 0 aliphatic rings. The zero-order valence-corrected chi connectivity index (χ0v) is 6.81. The minimum atomic E-state index is 0.581. The standard InChI is InChI=1S/C7H5ClN4/c8-6-2-1-3-9-7(6)12-4-10-11-5-12/h1-5H. The zero-order valence-electron chi connectivity index (χ0n) is 6.05. The van der Waals surface area contributed by atoms with Crippen molar-refractivity contribution in [1.82, 2.24) is 19.7 Å². The highest BCUT2D eigenvalue weighted by atomic mass is 35.5. The van der Waals surface area contributed by atoms with E-state index < -0.39 is 0 Å². The molecule has 0 N–H and O–H groups in total. The molecule has 2 rings (SSSR count). The van der Waals surface area contributed by atoms with Gasteiger partial charge in [0.15, 0.2) is 5.82 Å². The highest BCUT2D eigenvalue weighted by molar-refractivity contribution is 6.32. The summed E-state index contributed by atoms with van der Waals surface area (Å²) < 4.78 is 1.66. The molecular weight excluding hydrogens is 176 g/mol. The van der Waals surface area contributed by atoms with E-state index in [1.165, 1.54) is 0 Å². The van der Waals surface area contributed by atoms with Crippen LogP contribution in [-0.4, -0.2) is 19.7 Å². The van der Waals surface area contributed by atoms with Crippen LogP contribution in [0, 0.1) is 0 Å². The van der Waals surface area contributed by atoms with Crippen LogP contribution in [0.4, 0.5) is 0 Å². The van der Waals surface area contributed by atoms with Crippen molar-refractivity contribution in [3.63, 3.8) is 0 Å². The summed E-state index contributed by atoms with van der Waals surface area (Å²) in [6.45, 7) is 0. The van der Waals surface area contributed by atoms with Crippen LogP contribution in [0.5, 0.6) is 0 Å². The third kappa shape index (κ3) is 1.16. The SMILES string of the molecule is Clc1cccnc1-n1cnnc1. The molecule has 0 atom stereocenters. The van der Waals surface area contributed by atoms with Crippen LogP contribution in [0.3, 0.4) is 0 Å². The molecule has 12 heavy (non-hydrogen) atoms. The van der Waals surface area contributed by atoms with E-state index in [9.17, 15) is 0 Å². The molecule has 0 fully saturated rings. The molecule has 2 aromatic heterocycles. The molecule has 0 saturated carbocycles. The summed E-state index contributed by atoms with van der Waals surface area (Å²) in [5.41, 5.74) is 0. The Kier molecular flexibility index (Phi) is 1.75. The summed E-state index contributed by atoms with van der Waals surface area (Å²) in [5, 5.41) is 7.89. The predicted molar refractivity (Wildman–Crippen MR) is 44.2 cm³/mol. The van der Waals surface area contributed by atoms with Crippen LogP contribution >= 0.6 is 11.6 Å². The van der Waals surface area contributed by atoms with Gasteiger partial charge in [0.05, 0.1) is 5.02 Å². The van der Waals surface area contributed by atoms with E-state index in [0.29, 0.717) is 10.8 Å². The molecule has 0 unspecified atom stereocenters. The fourth-order valence-corrected chi connectivity index (χ4v) is 1.10.